The molecule has 260 valence electrons. The Hall–Kier alpha value is -7.13. The summed E-state index contributed by atoms with van der Waals surface area (Å²) in [6, 6.07) is 64.0. The Morgan fingerprint density at radius 3 is 1.66 bits per heavy atom. The van der Waals surface area contributed by atoms with E-state index in [0.29, 0.717) is 23.2 Å². The number of nitrogens with zero attached hydrogens (tertiary/aromatic N) is 4. The van der Waals surface area contributed by atoms with Crippen LogP contribution in [0.2, 0.25) is 0 Å². The summed E-state index contributed by atoms with van der Waals surface area (Å²) in [7, 11) is 0. The summed E-state index contributed by atoms with van der Waals surface area (Å²) in [4.78, 5) is 21.6. The van der Waals surface area contributed by atoms with E-state index in [0.717, 1.165) is 38.6 Å². The molecule has 2 heterocycles. The lowest BCUT2D eigenvalue weighted by Gasteiger charge is -2.40. The molecule has 2 aliphatic rings. The maximum Gasteiger partial charge on any atom is 0.194 e. The molecule has 1 aromatic heterocycles. The normalized spacial score (nSPS) is 14.8. The predicted molar refractivity (Wildman–Crippen MR) is 227 cm³/mol. The van der Waals surface area contributed by atoms with Crippen LogP contribution in [-0.2, 0) is 5.41 Å². The second-order valence-electron chi connectivity index (χ2n) is 14.2. The Balaban J connectivity index is 1.19. The molecular formula is C51H30N4S. The molecule has 0 fully saturated rings. The van der Waals surface area contributed by atoms with Gasteiger partial charge in [0.05, 0.1) is 12.0 Å². The van der Waals surface area contributed by atoms with Crippen LogP contribution in [0.4, 0.5) is 5.69 Å². The van der Waals surface area contributed by atoms with Crippen molar-refractivity contribution in [3.63, 3.8) is 0 Å². The van der Waals surface area contributed by atoms with Crippen molar-refractivity contribution in [2.75, 3.05) is 0 Å². The predicted octanol–water partition coefficient (Wildman–Crippen LogP) is 13.1. The molecule has 56 heavy (non-hydrogen) atoms. The molecule has 9 aromatic rings. The number of aromatic nitrogens is 3. The zero-order valence-corrected chi connectivity index (χ0v) is 30.8. The Kier molecular flexibility index (Phi) is 7.35. The van der Waals surface area contributed by atoms with Gasteiger partial charge in [0.2, 0.25) is 0 Å². The zero-order valence-electron chi connectivity index (χ0n) is 30.0. The third kappa shape index (κ3) is 4.83. The summed E-state index contributed by atoms with van der Waals surface area (Å²) in [6.07, 6.45) is 0. The quantitative estimate of drug-likeness (QED) is 0.169. The van der Waals surface area contributed by atoms with Crippen LogP contribution in [0.1, 0.15) is 22.3 Å². The third-order valence-corrected chi connectivity index (χ3v) is 12.4. The number of benzene rings is 8. The van der Waals surface area contributed by atoms with Crippen LogP contribution in [0.15, 0.2) is 192 Å². The van der Waals surface area contributed by atoms with Gasteiger partial charge in [0, 0.05) is 26.5 Å². The number of rotatable bonds is 4. The standard InChI is InChI=1S/C51H30N4S/c1-52-45-28-27-36(37-18-8-9-20-40(37)45)34-25-29-47-44(30-34)51(42-22-12-13-23-46(42)56-47)41-21-11-10-19-38(41)39-26-24-35(31-43(39)51)50-54-48(32-14-4-2-5-15-32)53-49(55-50)33-16-6-3-7-17-33/h2-31H. The van der Waals surface area contributed by atoms with Crippen molar-refractivity contribution in [1.29, 1.82) is 0 Å². The van der Waals surface area contributed by atoms with Gasteiger partial charge in [-0.3, -0.25) is 0 Å². The topological polar surface area (TPSA) is 43.0 Å². The summed E-state index contributed by atoms with van der Waals surface area (Å²) < 4.78 is 0. The highest BCUT2D eigenvalue weighted by Gasteiger charge is 2.50. The van der Waals surface area contributed by atoms with E-state index in [9.17, 15) is 0 Å². The van der Waals surface area contributed by atoms with Crippen molar-refractivity contribution in [3.05, 3.63) is 216 Å². The Morgan fingerprint density at radius 2 is 0.929 bits per heavy atom. The Labute approximate surface area is 329 Å². The van der Waals surface area contributed by atoms with Crippen molar-refractivity contribution in [2.24, 2.45) is 0 Å². The monoisotopic (exact) mass is 730 g/mol. The average Bonchev–Trinajstić information content (AvgIpc) is 3.56. The van der Waals surface area contributed by atoms with Crippen molar-refractivity contribution in [3.8, 4) is 56.4 Å². The Morgan fingerprint density at radius 1 is 0.393 bits per heavy atom. The highest BCUT2D eigenvalue weighted by atomic mass is 32.2. The molecule has 1 aliphatic heterocycles. The van der Waals surface area contributed by atoms with Gasteiger partial charge in [-0.1, -0.05) is 169 Å². The van der Waals surface area contributed by atoms with Gasteiger partial charge in [-0.05, 0) is 79.5 Å². The van der Waals surface area contributed by atoms with E-state index in [2.05, 4.69) is 114 Å². The SMILES string of the molecule is [C-]#[N+]c1ccc(-c2ccc3c(c2)C2(c4ccccc4S3)c3ccccc3-c3ccc(-c4nc(-c5ccccc5)nc(-c5ccccc5)n4)cc32)c2ccccc12. The van der Waals surface area contributed by atoms with Gasteiger partial charge >= 0.3 is 0 Å². The summed E-state index contributed by atoms with van der Waals surface area (Å²) in [5, 5.41) is 2.04. The smallest absolute Gasteiger partial charge is 0.194 e. The molecule has 0 saturated heterocycles. The lowest BCUT2D eigenvalue weighted by molar-refractivity contribution is 0.723. The van der Waals surface area contributed by atoms with E-state index in [4.69, 9.17) is 21.5 Å². The maximum absolute atomic E-state index is 7.84. The Bertz CT molecular complexity index is 3020. The molecule has 0 amide bonds. The van der Waals surface area contributed by atoms with Crippen molar-refractivity contribution in [1.82, 2.24) is 15.0 Å². The molecule has 1 unspecified atom stereocenters. The summed E-state index contributed by atoms with van der Waals surface area (Å²) in [6.45, 7) is 7.84. The van der Waals surface area contributed by atoms with Crippen LogP contribution < -0.4 is 0 Å². The molecule has 1 aliphatic carbocycles. The van der Waals surface area contributed by atoms with E-state index in [1.165, 1.54) is 43.2 Å². The van der Waals surface area contributed by atoms with Crippen LogP contribution in [0.25, 0.3) is 72.0 Å². The second-order valence-corrected chi connectivity index (χ2v) is 15.3. The summed E-state index contributed by atoms with van der Waals surface area (Å²) in [5.41, 5.74) is 12.5. The van der Waals surface area contributed by atoms with Crippen LogP contribution in [0.3, 0.4) is 0 Å². The van der Waals surface area contributed by atoms with Crippen LogP contribution >= 0.6 is 11.8 Å². The van der Waals surface area contributed by atoms with Gasteiger partial charge in [-0.15, -0.1) is 0 Å². The lowest BCUT2D eigenvalue weighted by atomic mass is 9.66. The molecule has 0 radical (unpaired) electrons. The van der Waals surface area contributed by atoms with Crippen LogP contribution in [-0.4, -0.2) is 15.0 Å². The fraction of sp³-hybridized carbons (Fsp3) is 0.0196. The molecule has 1 spiro atoms. The van der Waals surface area contributed by atoms with Crippen LogP contribution in [0.5, 0.6) is 0 Å². The van der Waals surface area contributed by atoms with E-state index in [1.54, 1.807) is 0 Å². The first kappa shape index (κ1) is 32.3. The van der Waals surface area contributed by atoms with Gasteiger partial charge in [-0.2, -0.15) is 0 Å². The highest BCUT2D eigenvalue weighted by Crippen LogP contribution is 2.63. The average molecular weight is 731 g/mol. The zero-order chi connectivity index (χ0) is 37.2. The van der Waals surface area contributed by atoms with Crippen molar-refractivity contribution < 1.29 is 0 Å². The molecule has 5 heteroatoms. The molecule has 11 rings (SSSR count). The fourth-order valence-corrected chi connectivity index (χ4v) is 9.95. The van der Waals surface area contributed by atoms with Crippen LogP contribution in [0, 0.1) is 6.57 Å². The fourth-order valence-electron chi connectivity index (χ4n) is 8.78. The van der Waals surface area contributed by atoms with Crippen molar-refractivity contribution >= 4 is 28.2 Å². The number of hydrogen-bond donors (Lipinski definition) is 0. The minimum Gasteiger partial charge on any atom is -0.238 e. The minimum absolute atomic E-state index is 0.612. The van der Waals surface area contributed by atoms with Gasteiger partial charge in [0.1, 0.15) is 0 Å². The maximum atomic E-state index is 7.84. The molecule has 0 bridgehead atoms. The molecular weight excluding hydrogens is 701 g/mol. The first-order chi connectivity index (χ1) is 27.7. The molecule has 1 atom stereocenters. The largest absolute Gasteiger partial charge is 0.238 e. The number of hydrogen-bond acceptors (Lipinski definition) is 4. The van der Waals surface area contributed by atoms with E-state index < -0.39 is 5.41 Å². The first-order valence-corrected chi connectivity index (χ1v) is 19.5. The van der Waals surface area contributed by atoms with Gasteiger partial charge in [0.15, 0.2) is 23.2 Å². The third-order valence-electron chi connectivity index (χ3n) is 11.2. The van der Waals surface area contributed by atoms with Crippen molar-refractivity contribution in [2.45, 2.75) is 15.2 Å². The van der Waals surface area contributed by atoms with Gasteiger partial charge in [0.25, 0.3) is 0 Å². The lowest BCUT2D eigenvalue weighted by Crippen LogP contribution is -2.32. The van der Waals surface area contributed by atoms with Gasteiger partial charge in [-0.25, -0.2) is 19.8 Å². The first-order valence-electron chi connectivity index (χ1n) is 18.6. The molecule has 4 nitrogen and oxygen atoms in total. The summed E-state index contributed by atoms with van der Waals surface area (Å²) >= 11 is 1.83. The minimum atomic E-state index is -0.612. The molecule has 8 aromatic carbocycles. The molecule has 0 saturated carbocycles. The summed E-state index contributed by atoms with van der Waals surface area (Å²) in [5.74, 6) is 1.91. The highest BCUT2D eigenvalue weighted by molar-refractivity contribution is 7.99. The van der Waals surface area contributed by atoms with E-state index in [-0.39, 0.29) is 0 Å². The number of fused-ring (bicyclic) bond motifs is 10. The van der Waals surface area contributed by atoms with Gasteiger partial charge < -0.3 is 0 Å². The second kappa shape index (κ2) is 12.7. The van der Waals surface area contributed by atoms with E-state index >= 15 is 0 Å². The molecule has 0 N–H and O–H groups in total. The van der Waals surface area contributed by atoms with E-state index in [1.807, 2.05) is 84.6 Å².